The van der Waals surface area contributed by atoms with Gasteiger partial charge in [0, 0.05) is 0 Å². The van der Waals surface area contributed by atoms with E-state index >= 15 is 0 Å². The minimum atomic E-state index is -0.648. The van der Waals surface area contributed by atoms with Crippen LogP contribution < -0.4 is 0 Å². The van der Waals surface area contributed by atoms with Crippen molar-refractivity contribution in [1.82, 2.24) is 0 Å². The molecular formula is C14H19ClO. The van der Waals surface area contributed by atoms with Crippen LogP contribution in [-0.2, 0) is 10.2 Å². The maximum absolute atomic E-state index is 11.4. The number of hydrogen-bond acceptors (Lipinski definition) is 1. The minimum Gasteiger partial charge on any atom is -0.280 e. The summed E-state index contributed by atoms with van der Waals surface area (Å²) in [7, 11) is 0. The lowest BCUT2D eigenvalue weighted by atomic mass is 9.81. The van der Waals surface area contributed by atoms with Crippen molar-refractivity contribution in [3.8, 4) is 0 Å². The van der Waals surface area contributed by atoms with Gasteiger partial charge in [-0.2, -0.15) is 0 Å². The van der Waals surface area contributed by atoms with Gasteiger partial charge >= 0.3 is 0 Å². The highest BCUT2D eigenvalue weighted by Gasteiger charge is 2.32. The molecule has 0 saturated heterocycles. The Bertz CT molecular complexity index is 332. The van der Waals surface area contributed by atoms with Gasteiger partial charge < -0.3 is 0 Å². The summed E-state index contributed by atoms with van der Waals surface area (Å²) in [5.74, 6) is 0. The van der Waals surface area contributed by atoms with Crippen LogP contribution in [0.15, 0.2) is 43.0 Å². The highest BCUT2D eigenvalue weighted by atomic mass is 35.5. The summed E-state index contributed by atoms with van der Waals surface area (Å²) in [5.41, 5.74) is 0.282. The third-order valence-electron chi connectivity index (χ3n) is 2.40. The molecule has 1 rings (SSSR count). The van der Waals surface area contributed by atoms with Gasteiger partial charge in [-0.25, -0.2) is 0 Å². The maximum atomic E-state index is 11.4. The largest absolute Gasteiger partial charge is 0.280 e. The number of rotatable bonds is 4. The van der Waals surface area contributed by atoms with Crippen molar-refractivity contribution in [2.45, 2.75) is 32.6 Å². The first kappa shape index (κ1) is 14.9. The number of allylic oxidation sites excluding steroid dienone is 1. The molecule has 0 bridgehead atoms. The second kappa shape index (κ2) is 7.24. The Kier molecular flexibility index (Phi) is 6.75. The lowest BCUT2D eigenvalue weighted by molar-refractivity contribution is -0.116. The van der Waals surface area contributed by atoms with E-state index in [-0.39, 0.29) is 5.24 Å². The van der Waals surface area contributed by atoms with E-state index in [9.17, 15) is 4.79 Å². The Hall–Kier alpha value is -1.08. The molecule has 0 aliphatic rings. The van der Waals surface area contributed by atoms with Crippen LogP contribution in [-0.4, -0.2) is 5.24 Å². The van der Waals surface area contributed by atoms with Crippen molar-refractivity contribution < 1.29 is 4.79 Å². The van der Waals surface area contributed by atoms with E-state index in [1.807, 2.05) is 51.1 Å². The van der Waals surface area contributed by atoms with Gasteiger partial charge in [0.05, 0.1) is 5.41 Å². The van der Waals surface area contributed by atoms with Crippen molar-refractivity contribution in [3.05, 3.63) is 48.6 Å². The maximum Gasteiger partial charge on any atom is 0.232 e. The normalized spacial score (nSPS) is 13.0. The first-order valence-electron chi connectivity index (χ1n) is 5.47. The Labute approximate surface area is 103 Å². The Morgan fingerprint density at radius 1 is 1.38 bits per heavy atom. The summed E-state index contributed by atoms with van der Waals surface area (Å²) in [6, 6.07) is 9.52. The fourth-order valence-corrected chi connectivity index (χ4v) is 1.59. The second-order valence-electron chi connectivity index (χ2n) is 3.46. The average Bonchev–Trinajstić information content (AvgIpc) is 2.33. The number of carbonyl (C=O) groups is 1. The smallest absolute Gasteiger partial charge is 0.232 e. The van der Waals surface area contributed by atoms with Crippen LogP contribution in [0.3, 0.4) is 0 Å². The summed E-state index contributed by atoms with van der Waals surface area (Å²) in [4.78, 5) is 11.4. The Morgan fingerprint density at radius 2 is 1.88 bits per heavy atom. The molecule has 1 unspecified atom stereocenters. The molecule has 0 saturated carbocycles. The van der Waals surface area contributed by atoms with Gasteiger partial charge in [0.1, 0.15) is 0 Å². The van der Waals surface area contributed by atoms with Crippen molar-refractivity contribution in [2.24, 2.45) is 0 Å². The van der Waals surface area contributed by atoms with Crippen LogP contribution in [0.25, 0.3) is 0 Å². The Morgan fingerprint density at radius 3 is 2.25 bits per heavy atom. The molecule has 1 aromatic carbocycles. The van der Waals surface area contributed by atoms with Crippen LogP contribution in [0.5, 0.6) is 0 Å². The summed E-state index contributed by atoms with van der Waals surface area (Å²) >= 11 is 5.61. The fraction of sp³-hybridized carbons (Fsp3) is 0.357. The van der Waals surface area contributed by atoms with E-state index in [2.05, 4.69) is 6.58 Å². The third-order valence-corrected chi connectivity index (χ3v) is 2.81. The van der Waals surface area contributed by atoms with E-state index in [0.717, 1.165) is 5.56 Å². The molecule has 0 radical (unpaired) electrons. The van der Waals surface area contributed by atoms with Crippen LogP contribution in [0.4, 0.5) is 0 Å². The number of hydrogen-bond donors (Lipinski definition) is 0. The van der Waals surface area contributed by atoms with Crippen molar-refractivity contribution in [2.75, 3.05) is 0 Å². The monoisotopic (exact) mass is 238 g/mol. The zero-order chi connectivity index (χ0) is 12.6. The van der Waals surface area contributed by atoms with Gasteiger partial charge in [0.25, 0.3) is 0 Å². The molecule has 0 heterocycles. The van der Waals surface area contributed by atoms with Crippen molar-refractivity contribution >= 4 is 16.8 Å². The zero-order valence-electron chi connectivity index (χ0n) is 10.2. The van der Waals surface area contributed by atoms with Crippen molar-refractivity contribution in [3.63, 3.8) is 0 Å². The molecule has 1 nitrogen and oxygen atoms in total. The summed E-state index contributed by atoms with van der Waals surface area (Å²) in [6.45, 7) is 9.48. The molecule has 0 aliphatic carbocycles. The molecule has 0 N–H and O–H groups in total. The fourth-order valence-electron chi connectivity index (χ4n) is 1.41. The topological polar surface area (TPSA) is 17.1 Å². The second-order valence-corrected chi connectivity index (χ2v) is 3.81. The van der Waals surface area contributed by atoms with Gasteiger partial charge in [-0.1, -0.05) is 50.3 Å². The van der Waals surface area contributed by atoms with E-state index < -0.39 is 5.41 Å². The molecule has 0 fully saturated rings. The summed E-state index contributed by atoms with van der Waals surface area (Å²) in [5, 5.41) is -0.344. The zero-order valence-corrected chi connectivity index (χ0v) is 10.9. The van der Waals surface area contributed by atoms with E-state index in [1.54, 1.807) is 6.08 Å². The molecule has 16 heavy (non-hydrogen) atoms. The average molecular weight is 239 g/mol. The molecule has 0 amide bonds. The van der Waals surface area contributed by atoms with E-state index in [0.29, 0.717) is 6.42 Å². The predicted molar refractivity (Wildman–Crippen MR) is 70.8 cm³/mol. The van der Waals surface area contributed by atoms with E-state index in [4.69, 9.17) is 11.6 Å². The molecular weight excluding hydrogens is 220 g/mol. The van der Waals surface area contributed by atoms with Crippen LogP contribution in [0, 0.1) is 0 Å². The molecule has 0 spiro atoms. The molecule has 88 valence electrons. The van der Waals surface area contributed by atoms with Gasteiger partial charge in [0.2, 0.25) is 5.24 Å². The van der Waals surface area contributed by atoms with Crippen LogP contribution >= 0.6 is 11.6 Å². The molecule has 0 aliphatic heterocycles. The number of halogens is 1. The standard InChI is InChI=1S/C12H13ClO.C2H6/c1-3-9-12(2,11(13)14)10-7-5-4-6-8-10;1-2/h3-8H,1,9H2,2H3;1-2H3. The molecule has 1 aromatic rings. The third kappa shape index (κ3) is 3.49. The first-order chi connectivity index (χ1) is 7.61. The number of benzene rings is 1. The number of carbonyl (C=O) groups excluding carboxylic acids is 1. The molecule has 2 heteroatoms. The lowest BCUT2D eigenvalue weighted by Gasteiger charge is -2.24. The Balaban J connectivity index is 0.00000106. The predicted octanol–water partition coefficient (Wildman–Crippen LogP) is 4.31. The van der Waals surface area contributed by atoms with Gasteiger partial charge in [-0.15, -0.1) is 6.58 Å². The van der Waals surface area contributed by atoms with E-state index in [1.165, 1.54) is 0 Å². The van der Waals surface area contributed by atoms with Gasteiger partial charge in [-0.05, 0) is 30.5 Å². The first-order valence-corrected chi connectivity index (χ1v) is 5.85. The highest BCUT2D eigenvalue weighted by Crippen LogP contribution is 2.30. The minimum absolute atomic E-state index is 0.344. The highest BCUT2D eigenvalue weighted by molar-refractivity contribution is 6.65. The van der Waals surface area contributed by atoms with Crippen molar-refractivity contribution in [1.29, 1.82) is 0 Å². The molecule has 1 atom stereocenters. The summed E-state index contributed by atoms with van der Waals surface area (Å²) < 4.78 is 0. The summed E-state index contributed by atoms with van der Waals surface area (Å²) in [6.07, 6.45) is 2.27. The lowest BCUT2D eigenvalue weighted by Crippen LogP contribution is -2.28. The molecule has 0 aromatic heterocycles. The van der Waals surface area contributed by atoms with Gasteiger partial charge in [-0.3, -0.25) is 4.79 Å². The van der Waals surface area contributed by atoms with Crippen LogP contribution in [0.1, 0.15) is 32.8 Å². The quantitative estimate of drug-likeness (QED) is 0.564. The van der Waals surface area contributed by atoms with Crippen LogP contribution in [0.2, 0.25) is 0 Å². The van der Waals surface area contributed by atoms with Gasteiger partial charge in [0.15, 0.2) is 0 Å². The SMILES string of the molecule is C=CCC(C)(C(=O)Cl)c1ccccc1.CC.